The third kappa shape index (κ3) is 4.01. The number of nitriles is 1. The predicted molar refractivity (Wildman–Crippen MR) is 126 cm³/mol. The lowest BCUT2D eigenvalue weighted by molar-refractivity contribution is 0.0731. The molecule has 4 rings (SSSR count). The van der Waals surface area contributed by atoms with Crippen molar-refractivity contribution in [2.45, 2.75) is 52.7 Å². The van der Waals surface area contributed by atoms with Gasteiger partial charge in [0.1, 0.15) is 17.9 Å². The van der Waals surface area contributed by atoms with Gasteiger partial charge in [0, 0.05) is 36.7 Å². The second-order valence-corrected chi connectivity index (χ2v) is 8.87. The number of aromatic nitrogens is 4. The smallest absolute Gasteiger partial charge is 0.164 e. The highest BCUT2D eigenvalue weighted by Gasteiger charge is 2.35. The van der Waals surface area contributed by atoms with Crippen molar-refractivity contribution >= 4 is 16.9 Å². The lowest BCUT2D eigenvalue weighted by atomic mass is 9.83. The Kier molecular flexibility index (Phi) is 6.23. The molecule has 0 aliphatic carbocycles. The molecular formula is C24H31N7O2. The monoisotopic (exact) mass is 449 g/mol. The van der Waals surface area contributed by atoms with Crippen LogP contribution in [0.25, 0.3) is 11.0 Å². The molecule has 0 radical (unpaired) electrons. The zero-order valence-corrected chi connectivity index (χ0v) is 19.8. The molecule has 9 heteroatoms. The van der Waals surface area contributed by atoms with E-state index >= 15 is 0 Å². The molecule has 0 spiro atoms. The van der Waals surface area contributed by atoms with Gasteiger partial charge in [-0.05, 0) is 46.2 Å². The molecule has 1 fully saturated rings. The Hall–Kier alpha value is -3.22. The normalized spacial score (nSPS) is 16.4. The Morgan fingerprint density at radius 2 is 2.03 bits per heavy atom. The number of hydrogen-bond donors (Lipinski definition) is 2. The van der Waals surface area contributed by atoms with Crippen LogP contribution < -0.4 is 10.5 Å². The Bertz CT molecular complexity index is 1220. The molecule has 2 unspecified atom stereocenters. The molecule has 2 aromatic heterocycles. The first kappa shape index (κ1) is 23.0. The van der Waals surface area contributed by atoms with E-state index in [1.165, 1.54) is 6.33 Å². The minimum atomic E-state index is -0.383. The summed E-state index contributed by atoms with van der Waals surface area (Å²) >= 11 is 0. The molecule has 0 bridgehead atoms. The van der Waals surface area contributed by atoms with E-state index < -0.39 is 0 Å². The summed E-state index contributed by atoms with van der Waals surface area (Å²) in [6.07, 6.45) is 1.07. The van der Waals surface area contributed by atoms with Gasteiger partial charge in [-0.1, -0.05) is 0 Å². The number of rotatable bonds is 7. The lowest BCUT2D eigenvalue weighted by Crippen LogP contribution is -2.48. The van der Waals surface area contributed by atoms with Crippen molar-refractivity contribution in [2.24, 2.45) is 0 Å². The summed E-state index contributed by atoms with van der Waals surface area (Å²) < 4.78 is 8.06. The minimum absolute atomic E-state index is 0.167. The van der Waals surface area contributed by atoms with Gasteiger partial charge in [0.15, 0.2) is 5.65 Å². The van der Waals surface area contributed by atoms with Gasteiger partial charge in [-0.2, -0.15) is 10.4 Å². The van der Waals surface area contributed by atoms with E-state index in [0.717, 1.165) is 46.6 Å². The number of nitrogen functional groups attached to an aromatic ring is 1. The third-order valence-electron chi connectivity index (χ3n) is 6.34. The Labute approximate surface area is 193 Å². The summed E-state index contributed by atoms with van der Waals surface area (Å²) in [5.74, 6) is 1.32. The van der Waals surface area contributed by atoms with E-state index in [0.29, 0.717) is 30.2 Å². The average molecular weight is 450 g/mol. The van der Waals surface area contributed by atoms with E-state index in [1.54, 1.807) is 6.92 Å². The minimum Gasteiger partial charge on any atom is -0.493 e. The molecule has 3 aromatic rings. The first-order valence-electron chi connectivity index (χ1n) is 11.3. The number of hydrogen-bond acceptors (Lipinski definition) is 8. The largest absolute Gasteiger partial charge is 0.493 e. The third-order valence-corrected chi connectivity index (χ3v) is 6.34. The molecule has 0 amide bonds. The van der Waals surface area contributed by atoms with Crippen molar-refractivity contribution in [1.82, 2.24) is 24.6 Å². The topological polar surface area (TPSA) is 126 Å². The average Bonchev–Trinajstić information content (AvgIpc) is 3.08. The molecule has 1 aromatic carbocycles. The molecule has 1 aliphatic rings. The summed E-state index contributed by atoms with van der Waals surface area (Å²) in [5.41, 5.74) is 11.0. The van der Waals surface area contributed by atoms with Crippen LogP contribution in [0.3, 0.4) is 0 Å². The maximum Gasteiger partial charge on any atom is 0.164 e. The number of nitrogens with two attached hydrogens (primary N) is 1. The fraction of sp³-hybridized carbons (Fsp3) is 0.500. The molecule has 3 N–H and O–H groups in total. The molecule has 0 saturated carbocycles. The number of aliphatic hydroxyl groups excluding tert-OH is 1. The highest BCUT2D eigenvalue weighted by Crippen LogP contribution is 2.43. The van der Waals surface area contributed by atoms with Crippen LogP contribution >= 0.6 is 0 Å². The van der Waals surface area contributed by atoms with Crippen molar-refractivity contribution in [3.05, 3.63) is 40.3 Å². The zero-order chi connectivity index (χ0) is 23.9. The van der Waals surface area contributed by atoms with Gasteiger partial charge in [-0.3, -0.25) is 4.90 Å². The molecule has 33 heavy (non-hydrogen) atoms. The number of nitrogens with zero attached hydrogens (tertiary/aromatic N) is 6. The van der Waals surface area contributed by atoms with E-state index in [2.05, 4.69) is 27.9 Å². The number of aryl methyl sites for hydroxylation is 2. The number of ether oxygens (including phenoxy) is 1. The molecule has 174 valence electrons. The first-order valence-corrected chi connectivity index (χ1v) is 11.3. The van der Waals surface area contributed by atoms with Crippen molar-refractivity contribution in [3.8, 4) is 11.8 Å². The standard InChI is InChI=1S/C24H31N7O2/c1-6-33-22-18(16(5)31-24-20(15(4)29-31)23(26)27-12-28-24)7-13(2)19(8-25)21(22)17-10-30(11-17)9-14(3)32/h7,12,14,16-17,32H,6,9-11H2,1-5H3,(H2,26,27,28). The van der Waals surface area contributed by atoms with Crippen molar-refractivity contribution in [1.29, 1.82) is 5.26 Å². The molecule has 9 nitrogen and oxygen atoms in total. The van der Waals surface area contributed by atoms with E-state index in [-0.39, 0.29) is 18.1 Å². The predicted octanol–water partition coefficient (Wildman–Crippen LogP) is 2.69. The van der Waals surface area contributed by atoms with Crippen LogP contribution in [0.2, 0.25) is 0 Å². The highest BCUT2D eigenvalue weighted by atomic mass is 16.5. The van der Waals surface area contributed by atoms with Crippen LogP contribution in [-0.4, -0.2) is 62.1 Å². The maximum absolute atomic E-state index is 9.99. The molecule has 1 aliphatic heterocycles. The van der Waals surface area contributed by atoms with Gasteiger partial charge >= 0.3 is 0 Å². The fourth-order valence-corrected chi connectivity index (χ4v) is 4.85. The molecule has 2 atom stereocenters. The summed E-state index contributed by atoms with van der Waals surface area (Å²) in [4.78, 5) is 10.8. The number of likely N-dealkylation sites (tertiary alicyclic amines) is 1. The van der Waals surface area contributed by atoms with Gasteiger partial charge in [-0.25, -0.2) is 14.6 Å². The van der Waals surface area contributed by atoms with E-state index in [4.69, 9.17) is 15.6 Å². The molecular weight excluding hydrogens is 418 g/mol. The van der Waals surface area contributed by atoms with Gasteiger partial charge in [-0.15, -0.1) is 0 Å². The number of benzene rings is 1. The SMILES string of the molecule is CCOc1c(C(C)n2nc(C)c3c(N)ncnc32)cc(C)c(C#N)c1C1CN(CC(C)O)C1. The molecule has 1 saturated heterocycles. The maximum atomic E-state index is 9.99. The van der Waals surface area contributed by atoms with E-state index in [9.17, 15) is 10.4 Å². The van der Waals surface area contributed by atoms with Crippen molar-refractivity contribution < 1.29 is 9.84 Å². The number of aliphatic hydroxyl groups is 1. The van der Waals surface area contributed by atoms with Crippen LogP contribution in [0.4, 0.5) is 5.82 Å². The summed E-state index contributed by atoms with van der Waals surface area (Å²) in [7, 11) is 0. The van der Waals surface area contributed by atoms with Gasteiger partial charge < -0.3 is 15.6 Å². The number of anilines is 1. The second-order valence-electron chi connectivity index (χ2n) is 8.87. The number of fused-ring (bicyclic) bond motifs is 1. The van der Waals surface area contributed by atoms with Crippen LogP contribution in [0, 0.1) is 25.2 Å². The first-order chi connectivity index (χ1) is 15.8. The van der Waals surface area contributed by atoms with E-state index in [1.807, 2.05) is 31.5 Å². The highest BCUT2D eigenvalue weighted by molar-refractivity contribution is 5.88. The number of β-amino-alcohol motifs (C(OH)–C–C–N with tert-alkyl or cyclic N) is 1. The van der Waals surface area contributed by atoms with Gasteiger partial charge in [0.25, 0.3) is 0 Å². The van der Waals surface area contributed by atoms with Crippen molar-refractivity contribution in [3.63, 3.8) is 0 Å². The Morgan fingerprint density at radius 1 is 1.30 bits per heavy atom. The van der Waals surface area contributed by atoms with Crippen molar-refractivity contribution in [2.75, 3.05) is 32.0 Å². The van der Waals surface area contributed by atoms with Crippen LogP contribution in [0.1, 0.15) is 60.7 Å². The Morgan fingerprint density at radius 3 is 2.67 bits per heavy atom. The summed E-state index contributed by atoms with van der Waals surface area (Å²) in [6.45, 7) is 12.3. The fourth-order valence-electron chi connectivity index (χ4n) is 4.85. The summed E-state index contributed by atoms with van der Waals surface area (Å²) in [6, 6.07) is 4.23. The quantitative estimate of drug-likeness (QED) is 0.564. The Balaban J connectivity index is 1.83. The van der Waals surface area contributed by atoms with Gasteiger partial charge in [0.05, 0.1) is 41.5 Å². The zero-order valence-electron chi connectivity index (χ0n) is 19.8. The van der Waals surface area contributed by atoms with Crippen LogP contribution in [0.5, 0.6) is 5.75 Å². The lowest BCUT2D eigenvalue weighted by Gasteiger charge is -2.41. The van der Waals surface area contributed by atoms with Crippen LogP contribution in [-0.2, 0) is 0 Å². The molecule has 3 heterocycles. The van der Waals surface area contributed by atoms with Crippen LogP contribution in [0.15, 0.2) is 12.4 Å². The van der Waals surface area contributed by atoms with Gasteiger partial charge in [0.2, 0.25) is 0 Å². The summed E-state index contributed by atoms with van der Waals surface area (Å²) in [5, 5.41) is 25.2. The second kappa shape index (κ2) is 8.96.